The van der Waals surface area contributed by atoms with Crippen LogP contribution in [-0.4, -0.2) is 26.8 Å². The van der Waals surface area contributed by atoms with Gasteiger partial charge in [-0.2, -0.15) is 5.10 Å². The molecule has 3 heterocycles. The van der Waals surface area contributed by atoms with Crippen molar-refractivity contribution in [2.45, 2.75) is 45.6 Å². The number of benzene rings is 1. The van der Waals surface area contributed by atoms with Crippen molar-refractivity contribution in [3.63, 3.8) is 0 Å². The second-order valence-corrected chi connectivity index (χ2v) is 7.67. The average Bonchev–Trinajstić information content (AvgIpc) is 3.35. The van der Waals surface area contributed by atoms with E-state index in [1.807, 2.05) is 20.8 Å². The number of imide groups is 1. The Labute approximate surface area is 183 Å². The summed E-state index contributed by atoms with van der Waals surface area (Å²) in [7, 11) is 0. The monoisotopic (exact) mass is 438 g/mol. The zero-order chi connectivity index (χ0) is 23.0. The number of fused-ring (bicyclic) bond motifs is 1. The number of rotatable bonds is 6. The third kappa shape index (κ3) is 3.49. The lowest BCUT2D eigenvalue weighted by Gasteiger charge is -2.28. The number of carbonyl (C=O) groups excluding carboxylic acids is 2. The van der Waals surface area contributed by atoms with Crippen LogP contribution in [0.15, 0.2) is 47.1 Å². The summed E-state index contributed by atoms with van der Waals surface area (Å²) in [6.07, 6.45) is 3.28. The number of ether oxygens (including phenoxy) is 1. The number of nitrogens with one attached hydrogen (secondary N) is 2. The summed E-state index contributed by atoms with van der Waals surface area (Å²) in [5.41, 5.74) is 0.290. The van der Waals surface area contributed by atoms with Crippen LogP contribution in [0, 0.1) is 5.82 Å². The number of aromatic amines is 1. The third-order valence-electron chi connectivity index (χ3n) is 6.04. The van der Waals surface area contributed by atoms with E-state index >= 15 is 4.39 Å². The van der Waals surface area contributed by atoms with Crippen LogP contribution in [0.25, 0.3) is 22.2 Å². The molecule has 1 fully saturated rings. The van der Waals surface area contributed by atoms with Gasteiger partial charge in [0.1, 0.15) is 5.82 Å². The Hall–Kier alpha value is -3.75. The second-order valence-electron chi connectivity index (χ2n) is 7.67. The van der Waals surface area contributed by atoms with E-state index in [2.05, 4.69) is 15.4 Å². The summed E-state index contributed by atoms with van der Waals surface area (Å²) in [5, 5.41) is 6.74. The highest BCUT2D eigenvalue weighted by molar-refractivity contribution is 6.07. The van der Waals surface area contributed by atoms with E-state index in [-0.39, 0.29) is 11.3 Å². The average molecular weight is 438 g/mol. The lowest BCUT2D eigenvalue weighted by molar-refractivity contribution is -0.116. The van der Waals surface area contributed by atoms with Crippen molar-refractivity contribution < 1.29 is 18.7 Å². The number of hydrogen-bond acceptors (Lipinski definition) is 5. The molecule has 32 heavy (non-hydrogen) atoms. The molecular formula is C23H23FN4O4. The van der Waals surface area contributed by atoms with Crippen LogP contribution in [0.1, 0.15) is 39.2 Å². The van der Waals surface area contributed by atoms with Gasteiger partial charge in [-0.15, -0.1) is 0 Å². The Morgan fingerprint density at radius 2 is 1.88 bits per heavy atom. The molecule has 0 aliphatic carbocycles. The lowest BCUT2D eigenvalue weighted by atomic mass is 9.75. The zero-order valence-corrected chi connectivity index (χ0v) is 18.0. The highest BCUT2D eigenvalue weighted by Gasteiger charge is 2.35. The molecule has 0 unspecified atom stereocenters. The fourth-order valence-electron chi connectivity index (χ4n) is 4.09. The Bertz CT molecular complexity index is 1320. The maximum Gasteiger partial charge on any atom is 0.419 e. The van der Waals surface area contributed by atoms with Crippen LogP contribution < -0.4 is 10.9 Å². The highest BCUT2D eigenvalue weighted by Crippen LogP contribution is 2.34. The van der Waals surface area contributed by atoms with E-state index in [9.17, 15) is 14.4 Å². The van der Waals surface area contributed by atoms with E-state index in [4.69, 9.17) is 4.74 Å². The predicted octanol–water partition coefficient (Wildman–Crippen LogP) is 3.76. The molecule has 8 nitrogen and oxygen atoms in total. The number of carbonyl (C=O) groups is 2. The Morgan fingerprint density at radius 3 is 2.47 bits per heavy atom. The Kier molecular flexibility index (Phi) is 5.41. The second kappa shape index (κ2) is 8.07. The number of halogens is 1. The Morgan fingerprint density at radius 1 is 1.12 bits per heavy atom. The van der Waals surface area contributed by atoms with Crippen LogP contribution in [0.5, 0.6) is 0 Å². The number of hydrogen-bond donors (Lipinski definition) is 2. The van der Waals surface area contributed by atoms with Gasteiger partial charge >= 0.3 is 6.09 Å². The van der Waals surface area contributed by atoms with Gasteiger partial charge in [-0.05, 0) is 44.0 Å². The summed E-state index contributed by atoms with van der Waals surface area (Å²) < 4.78 is 21.8. The molecule has 0 bridgehead atoms. The number of aromatic nitrogens is 3. The number of nitrogens with zero attached hydrogens (tertiary/aromatic N) is 2. The van der Waals surface area contributed by atoms with E-state index in [1.54, 1.807) is 35.1 Å². The van der Waals surface area contributed by atoms with Gasteiger partial charge in [0.15, 0.2) is 5.76 Å². The highest BCUT2D eigenvalue weighted by atomic mass is 19.1. The molecule has 0 radical (unpaired) electrons. The van der Waals surface area contributed by atoms with Crippen LogP contribution in [-0.2, 0) is 21.5 Å². The van der Waals surface area contributed by atoms with Gasteiger partial charge < -0.3 is 9.72 Å². The molecule has 2 aromatic heterocycles. The number of aryl methyl sites for hydroxylation is 1. The standard InChI is InChI=1S/C23H23FN4O4/c1-4-23(5-2,11-18-21(30)26-22(31)32-18)15-8-10-16(25-20(15)29)13-7-9-17-14(19(13)24)12-28(6-3)27-17/h7-12H,4-6H2,1-3H3,(H,25,29)(H,26,30,31)/b18-11+. The molecule has 2 N–H and O–H groups in total. The van der Waals surface area contributed by atoms with E-state index in [0.29, 0.717) is 41.5 Å². The van der Waals surface area contributed by atoms with Crippen LogP contribution in [0.2, 0.25) is 0 Å². The zero-order valence-electron chi connectivity index (χ0n) is 18.0. The molecule has 1 aliphatic heterocycles. The summed E-state index contributed by atoms with van der Waals surface area (Å²) >= 11 is 0. The minimum absolute atomic E-state index is 0.133. The van der Waals surface area contributed by atoms with Gasteiger partial charge in [-0.3, -0.25) is 19.6 Å². The van der Waals surface area contributed by atoms with Crippen LogP contribution in [0.4, 0.5) is 9.18 Å². The van der Waals surface area contributed by atoms with Gasteiger partial charge in [0.2, 0.25) is 0 Å². The molecule has 166 valence electrons. The van der Waals surface area contributed by atoms with Crippen molar-refractivity contribution in [3.8, 4) is 11.3 Å². The number of alkyl carbamates (subject to hydrolysis) is 1. The van der Waals surface area contributed by atoms with E-state index in [0.717, 1.165) is 0 Å². The molecule has 4 rings (SSSR count). The quantitative estimate of drug-likeness (QED) is 0.570. The molecule has 0 atom stereocenters. The summed E-state index contributed by atoms with van der Waals surface area (Å²) in [6.45, 7) is 6.29. The first kappa shape index (κ1) is 21.5. The third-order valence-corrected chi connectivity index (χ3v) is 6.04. The SMILES string of the molecule is CCn1cc2c(F)c(-c3ccc(C(/C=C4/OC(=O)NC4=O)(CC)CC)c(=O)[nH]3)ccc2n1. The minimum atomic E-state index is -0.844. The number of H-pyrrole nitrogens is 1. The largest absolute Gasteiger partial charge is 0.419 e. The van der Waals surface area contributed by atoms with Gasteiger partial charge in [0, 0.05) is 29.3 Å². The van der Waals surface area contributed by atoms with Crippen molar-refractivity contribution in [2.24, 2.45) is 0 Å². The minimum Gasteiger partial charge on any atom is -0.404 e. The van der Waals surface area contributed by atoms with Crippen molar-refractivity contribution in [2.75, 3.05) is 0 Å². The topological polar surface area (TPSA) is 106 Å². The van der Waals surface area contributed by atoms with Gasteiger partial charge in [-0.25, -0.2) is 9.18 Å². The van der Waals surface area contributed by atoms with Gasteiger partial charge in [-0.1, -0.05) is 19.9 Å². The number of cyclic esters (lactones) is 1. The predicted molar refractivity (Wildman–Crippen MR) is 116 cm³/mol. The number of pyridine rings is 1. The molecule has 1 saturated heterocycles. The molecule has 1 aliphatic rings. The molecule has 0 saturated carbocycles. The lowest BCUT2D eigenvalue weighted by Crippen LogP contribution is -2.31. The van der Waals surface area contributed by atoms with E-state index < -0.39 is 28.8 Å². The number of allylic oxidation sites excluding steroid dienone is 1. The molecular weight excluding hydrogens is 415 g/mol. The van der Waals surface area contributed by atoms with Gasteiger partial charge in [0.25, 0.3) is 11.5 Å². The number of amides is 2. The molecule has 0 spiro atoms. The van der Waals surface area contributed by atoms with Gasteiger partial charge in [0.05, 0.1) is 16.6 Å². The normalized spacial score (nSPS) is 15.4. The first-order valence-corrected chi connectivity index (χ1v) is 10.5. The van der Waals surface area contributed by atoms with E-state index in [1.165, 1.54) is 6.08 Å². The summed E-state index contributed by atoms with van der Waals surface area (Å²) in [6, 6.07) is 6.58. The molecule has 3 aromatic rings. The summed E-state index contributed by atoms with van der Waals surface area (Å²) in [5.74, 6) is -1.23. The summed E-state index contributed by atoms with van der Waals surface area (Å²) in [4.78, 5) is 39.2. The first-order chi connectivity index (χ1) is 15.3. The molecule has 9 heteroatoms. The molecule has 2 amide bonds. The van der Waals surface area contributed by atoms with Crippen LogP contribution >= 0.6 is 0 Å². The maximum atomic E-state index is 15.2. The van der Waals surface area contributed by atoms with Crippen LogP contribution in [0.3, 0.4) is 0 Å². The molecule has 1 aromatic carbocycles. The Balaban J connectivity index is 1.79. The van der Waals surface area contributed by atoms with Crippen molar-refractivity contribution in [1.82, 2.24) is 20.1 Å². The fourth-order valence-corrected chi connectivity index (χ4v) is 4.09. The van der Waals surface area contributed by atoms with Crippen molar-refractivity contribution >= 4 is 22.9 Å². The smallest absolute Gasteiger partial charge is 0.404 e. The first-order valence-electron chi connectivity index (χ1n) is 10.5. The van der Waals surface area contributed by atoms with Crippen molar-refractivity contribution in [1.29, 1.82) is 0 Å². The van der Waals surface area contributed by atoms with Crippen molar-refractivity contribution in [3.05, 3.63) is 64.0 Å². The maximum absolute atomic E-state index is 15.2. The fraction of sp³-hybridized carbons (Fsp3) is 0.304.